The van der Waals surface area contributed by atoms with Crippen LogP contribution in [0.4, 0.5) is 0 Å². The third-order valence-corrected chi connectivity index (χ3v) is 3.45. The van der Waals surface area contributed by atoms with Crippen LogP contribution in [0.15, 0.2) is 22.8 Å². The molecule has 1 heterocycles. The van der Waals surface area contributed by atoms with E-state index in [9.17, 15) is 0 Å². The van der Waals surface area contributed by atoms with Crippen molar-refractivity contribution >= 4 is 0 Å². The van der Waals surface area contributed by atoms with Crippen molar-refractivity contribution in [2.75, 3.05) is 13.1 Å². The first-order valence-corrected chi connectivity index (χ1v) is 6.34. The van der Waals surface area contributed by atoms with E-state index in [-0.39, 0.29) is 0 Å². The van der Waals surface area contributed by atoms with Gasteiger partial charge in [-0.05, 0) is 44.0 Å². The average molecular weight is 222 g/mol. The van der Waals surface area contributed by atoms with Gasteiger partial charge in [0.15, 0.2) is 0 Å². The third-order valence-electron chi connectivity index (χ3n) is 3.45. The molecule has 3 N–H and O–H groups in total. The van der Waals surface area contributed by atoms with Gasteiger partial charge in [-0.15, -0.1) is 0 Å². The molecule has 1 aliphatic carbocycles. The molecule has 0 amide bonds. The molecule has 1 aromatic heterocycles. The summed E-state index contributed by atoms with van der Waals surface area (Å²) in [6, 6.07) is 4.69. The summed E-state index contributed by atoms with van der Waals surface area (Å²) in [5.41, 5.74) is 5.79. The van der Waals surface area contributed by atoms with Crippen LogP contribution in [-0.2, 0) is 6.42 Å². The lowest BCUT2D eigenvalue weighted by molar-refractivity contribution is 0.398. The van der Waals surface area contributed by atoms with Crippen LogP contribution in [0, 0.1) is 5.92 Å². The van der Waals surface area contributed by atoms with Gasteiger partial charge in [-0.3, -0.25) is 0 Å². The van der Waals surface area contributed by atoms with Crippen LogP contribution in [0.2, 0.25) is 0 Å². The molecule has 3 nitrogen and oxygen atoms in total. The predicted octanol–water partition coefficient (Wildman–Crippen LogP) is 1.93. The highest BCUT2D eigenvalue weighted by atomic mass is 16.3. The Balaban J connectivity index is 1.72. The summed E-state index contributed by atoms with van der Waals surface area (Å²) in [6.45, 7) is 1.74. The largest absolute Gasteiger partial charge is 0.469 e. The fourth-order valence-electron chi connectivity index (χ4n) is 2.42. The molecule has 0 saturated heterocycles. The Morgan fingerprint density at radius 3 is 2.88 bits per heavy atom. The van der Waals surface area contributed by atoms with Gasteiger partial charge in [-0.2, -0.15) is 0 Å². The maximum absolute atomic E-state index is 5.79. The molecule has 1 fully saturated rings. The minimum absolute atomic E-state index is 0.492. The lowest BCUT2D eigenvalue weighted by atomic mass is 10.0. The predicted molar refractivity (Wildman–Crippen MR) is 65.2 cm³/mol. The van der Waals surface area contributed by atoms with E-state index in [1.807, 2.05) is 12.1 Å². The summed E-state index contributed by atoms with van der Waals surface area (Å²) >= 11 is 0. The molecular formula is C13H22N2O. The van der Waals surface area contributed by atoms with Crippen LogP contribution in [0.1, 0.15) is 31.4 Å². The number of hydrogen-bond acceptors (Lipinski definition) is 3. The highest BCUT2D eigenvalue weighted by molar-refractivity contribution is 4.99. The van der Waals surface area contributed by atoms with Crippen molar-refractivity contribution < 1.29 is 4.42 Å². The zero-order valence-corrected chi connectivity index (χ0v) is 9.82. The summed E-state index contributed by atoms with van der Waals surface area (Å²) in [6.07, 6.45) is 8.10. The first kappa shape index (κ1) is 11.7. The molecule has 2 rings (SSSR count). The second-order valence-corrected chi connectivity index (χ2v) is 4.77. The van der Waals surface area contributed by atoms with Crippen molar-refractivity contribution in [3.05, 3.63) is 24.2 Å². The van der Waals surface area contributed by atoms with Crippen molar-refractivity contribution in [1.29, 1.82) is 0 Å². The van der Waals surface area contributed by atoms with Crippen molar-refractivity contribution in [1.82, 2.24) is 5.32 Å². The zero-order chi connectivity index (χ0) is 11.2. The molecule has 0 aromatic carbocycles. The Labute approximate surface area is 97.4 Å². The maximum Gasteiger partial charge on any atom is 0.104 e. The molecule has 1 atom stereocenters. The maximum atomic E-state index is 5.79. The topological polar surface area (TPSA) is 51.2 Å². The molecule has 1 aromatic rings. The smallest absolute Gasteiger partial charge is 0.104 e. The van der Waals surface area contributed by atoms with E-state index in [1.54, 1.807) is 6.26 Å². The Morgan fingerprint density at radius 2 is 2.25 bits per heavy atom. The van der Waals surface area contributed by atoms with Crippen molar-refractivity contribution in [3.63, 3.8) is 0 Å². The third kappa shape index (κ3) is 3.35. The standard InChI is InChI=1S/C13H22N2O/c14-9-11(8-13-6-3-7-16-13)10-15-12-4-1-2-5-12/h3,6-7,11-12,15H,1-2,4-5,8-10,14H2. The minimum atomic E-state index is 0.492. The highest BCUT2D eigenvalue weighted by Gasteiger charge is 2.16. The zero-order valence-electron chi connectivity index (χ0n) is 9.82. The minimum Gasteiger partial charge on any atom is -0.469 e. The normalized spacial score (nSPS) is 19.1. The average Bonchev–Trinajstić information content (AvgIpc) is 2.97. The van der Waals surface area contributed by atoms with Crippen LogP contribution in [0.5, 0.6) is 0 Å². The number of rotatable bonds is 6. The van der Waals surface area contributed by atoms with Gasteiger partial charge in [0.05, 0.1) is 6.26 Å². The number of nitrogens with two attached hydrogens (primary N) is 1. The lowest BCUT2D eigenvalue weighted by Gasteiger charge is -2.18. The van der Waals surface area contributed by atoms with Crippen molar-refractivity contribution in [2.45, 2.75) is 38.1 Å². The van der Waals surface area contributed by atoms with Gasteiger partial charge in [0, 0.05) is 12.5 Å². The van der Waals surface area contributed by atoms with Crippen LogP contribution in [0.3, 0.4) is 0 Å². The van der Waals surface area contributed by atoms with Gasteiger partial charge in [0.1, 0.15) is 5.76 Å². The number of furan rings is 1. The van der Waals surface area contributed by atoms with Gasteiger partial charge in [-0.1, -0.05) is 12.8 Å². The first-order valence-electron chi connectivity index (χ1n) is 6.34. The van der Waals surface area contributed by atoms with Crippen LogP contribution < -0.4 is 11.1 Å². The Kier molecular flexibility index (Phi) is 4.43. The molecule has 0 radical (unpaired) electrons. The molecule has 90 valence electrons. The van der Waals surface area contributed by atoms with E-state index in [2.05, 4.69) is 5.32 Å². The van der Waals surface area contributed by atoms with Crippen molar-refractivity contribution in [2.24, 2.45) is 11.7 Å². The Bertz CT molecular complexity index is 278. The monoisotopic (exact) mass is 222 g/mol. The number of hydrogen-bond donors (Lipinski definition) is 2. The molecule has 1 saturated carbocycles. The van der Waals surface area contributed by atoms with Gasteiger partial charge in [0.2, 0.25) is 0 Å². The second-order valence-electron chi connectivity index (χ2n) is 4.77. The number of nitrogens with one attached hydrogen (secondary N) is 1. The second kappa shape index (κ2) is 6.06. The summed E-state index contributed by atoms with van der Waals surface area (Å²) in [5.74, 6) is 1.54. The fourth-order valence-corrected chi connectivity index (χ4v) is 2.42. The summed E-state index contributed by atoms with van der Waals surface area (Å²) in [4.78, 5) is 0. The van der Waals surface area contributed by atoms with E-state index in [0.717, 1.165) is 31.3 Å². The molecule has 3 heteroatoms. The molecule has 1 unspecified atom stereocenters. The Morgan fingerprint density at radius 1 is 1.44 bits per heavy atom. The highest BCUT2D eigenvalue weighted by Crippen LogP contribution is 2.18. The molecule has 16 heavy (non-hydrogen) atoms. The molecule has 0 aliphatic heterocycles. The molecule has 0 spiro atoms. The Hall–Kier alpha value is -0.800. The van der Waals surface area contributed by atoms with E-state index < -0.39 is 0 Å². The van der Waals surface area contributed by atoms with Crippen LogP contribution in [-0.4, -0.2) is 19.1 Å². The quantitative estimate of drug-likeness (QED) is 0.773. The van der Waals surface area contributed by atoms with Gasteiger partial charge in [0.25, 0.3) is 0 Å². The first-order chi connectivity index (χ1) is 7.88. The SMILES string of the molecule is NCC(CNC1CCCC1)Cc1ccco1. The molecule has 0 bridgehead atoms. The van der Waals surface area contributed by atoms with Crippen molar-refractivity contribution in [3.8, 4) is 0 Å². The lowest BCUT2D eigenvalue weighted by Crippen LogP contribution is -2.35. The summed E-state index contributed by atoms with van der Waals surface area (Å²) in [7, 11) is 0. The molecule has 1 aliphatic rings. The van der Waals surface area contributed by atoms with Crippen LogP contribution >= 0.6 is 0 Å². The van der Waals surface area contributed by atoms with Gasteiger partial charge in [-0.25, -0.2) is 0 Å². The summed E-state index contributed by atoms with van der Waals surface area (Å²) in [5, 5.41) is 3.62. The van der Waals surface area contributed by atoms with Crippen LogP contribution in [0.25, 0.3) is 0 Å². The van der Waals surface area contributed by atoms with Gasteiger partial charge < -0.3 is 15.5 Å². The van der Waals surface area contributed by atoms with E-state index >= 15 is 0 Å². The van der Waals surface area contributed by atoms with E-state index in [4.69, 9.17) is 10.2 Å². The van der Waals surface area contributed by atoms with E-state index in [0.29, 0.717) is 5.92 Å². The fraction of sp³-hybridized carbons (Fsp3) is 0.692. The summed E-state index contributed by atoms with van der Waals surface area (Å²) < 4.78 is 5.35. The van der Waals surface area contributed by atoms with E-state index in [1.165, 1.54) is 25.7 Å². The van der Waals surface area contributed by atoms with Gasteiger partial charge >= 0.3 is 0 Å². The molecular weight excluding hydrogens is 200 g/mol.